The van der Waals surface area contributed by atoms with Gasteiger partial charge in [0.1, 0.15) is 0 Å². The average Bonchev–Trinajstić information content (AvgIpc) is 2.99. The molecule has 0 unspecified atom stereocenters. The number of piperidine rings is 1. The van der Waals surface area contributed by atoms with E-state index in [9.17, 15) is 4.79 Å². The number of nitrogens with zero attached hydrogens (tertiary/aromatic N) is 3. The standard InChI is InChI=1S/C17H28N4O3/c1-20-10-13(9-19-20)11-21-6-3-16-15(12-21)14(4-7-24-16)17(22)18-5-8-23-2/h9-10,14-16H,3-8,11-12H2,1-2H3,(H,18,22)/t14-,15+,16-/m0/s1. The minimum atomic E-state index is 0.0392. The van der Waals surface area contributed by atoms with Crippen LogP contribution in [0.15, 0.2) is 12.4 Å². The van der Waals surface area contributed by atoms with Crippen molar-refractivity contribution in [1.82, 2.24) is 20.0 Å². The van der Waals surface area contributed by atoms with E-state index in [0.29, 0.717) is 19.8 Å². The van der Waals surface area contributed by atoms with Gasteiger partial charge in [-0.25, -0.2) is 0 Å². The Morgan fingerprint density at radius 3 is 3.12 bits per heavy atom. The fourth-order valence-electron chi connectivity index (χ4n) is 3.87. The van der Waals surface area contributed by atoms with Crippen molar-refractivity contribution in [1.29, 1.82) is 0 Å². The maximum atomic E-state index is 12.5. The van der Waals surface area contributed by atoms with Gasteiger partial charge < -0.3 is 14.8 Å². The lowest BCUT2D eigenvalue weighted by Gasteiger charge is -2.44. The molecule has 1 N–H and O–H groups in total. The molecule has 7 heteroatoms. The molecule has 0 aromatic carbocycles. The van der Waals surface area contributed by atoms with E-state index in [1.807, 2.05) is 17.9 Å². The molecule has 3 heterocycles. The van der Waals surface area contributed by atoms with Crippen molar-refractivity contribution in [3.8, 4) is 0 Å². The number of methoxy groups -OCH3 is 1. The Balaban J connectivity index is 1.59. The molecule has 2 aliphatic rings. The molecule has 0 aliphatic carbocycles. The van der Waals surface area contributed by atoms with Gasteiger partial charge in [-0.15, -0.1) is 0 Å². The molecule has 3 rings (SSSR count). The van der Waals surface area contributed by atoms with Crippen LogP contribution >= 0.6 is 0 Å². The van der Waals surface area contributed by atoms with Crippen molar-refractivity contribution < 1.29 is 14.3 Å². The molecule has 0 saturated carbocycles. The highest BCUT2D eigenvalue weighted by Gasteiger charge is 2.41. The third kappa shape index (κ3) is 4.15. The lowest BCUT2D eigenvalue weighted by molar-refractivity contribution is -0.142. The first-order chi connectivity index (χ1) is 11.7. The number of fused-ring (bicyclic) bond motifs is 1. The van der Waals surface area contributed by atoms with Crippen molar-refractivity contribution in [3.63, 3.8) is 0 Å². The Bertz CT molecular complexity index is 548. The molecule has 2 aliphatic heterocycles. The van der Waals surface area contributed by atoms with Gasteiger partial charge in [0.15, 0.2) is 0 Å². The number of carbonyl (C=O) groups is 1. The van der Waals surface area contributed by atoms with E-state index in [-0.39, 0.29) is 23.8 Å². The maximum absolute atomic E-state index is 12.5. The number of nitrogens with one attached hydrogen (secondary N) is 1. The van der Waals surface area contributed by atoms with Gasteiger partial charge in [0.2, 0.25) is 5.91 Å². The molecule has 1 aromatic rings. The maximum Gasteiger partial charge on any atom is 0.223 e. The van der Waals surface area contributed by atoms with Gasteiger partial charge in [-0.2, -0.15) is 5.10 Å². The average molecular weight is 336 g/mol. The number of ether oxygens (including phenoxy) is 2. The Morgan fingerprint density at radius 2 is 2.38 bits per heavy atom. The summed E-state index contributed by atoms with van der Waals surface area (Å²) in [4.78, 5) is 15.0. The molecule has 0 radical (unpaired) electrons. The van der Waals surface area contributed by atoms with Gasteiger partial charge in [0.25, 0.3) is 0 Å². The summed E-state index contributed by atoms with van der Waals surface area (Å²) in [6.45, 7) is 4.61. The van der Waals surface area contributed by atoms with E-state index in [2.05, 4.69) is 21.5 Å². The molecule has 2 saturated heterocycles. The summed E-state index contributed by atoms with van der Waals surface area (Å²) >= 11 is 0. The monoisotopic (exact) mass is 336 g/mol. The first kappa shape index (κ1) is 17.4. The van der Waals surface area contributed by atoms with Crippen molar-refractivity contribution in [3.05, 3.63) is 18.0 Å². The highest BCUT2D eigenvalue weighted by Crippen LogP contribution is 2.33. The van der Waals surface area contributed by atoms with Gasteiger partial charge in [-0.1, -0.05) is 0 Å². The van der Waals surface area contributed by atoms with Gasteiger partial charge in [0, 0.05) is 70.5 Å². The molecule has 24 heavy (non-hydrogen) atoms. The predicted octanol–water partition coefficient (Wildman–Crippen LogP) is 0.410. The fraction of sp³-hybridized carbons (Fsp3) is 0.765. The molecule has 0 spiro atoms. The normalized spacial score (nSPS) is 27.7. The lowest BCUT2D eigenvalue weighted by atomic mass is 9.79. The van der Waals surface area contributed by atoms with E-state index in [1.54, 1.807) is 7.11 Å². The van der Waals surface area contributed by atoms with Crippen LogP contribution in [0.25, 0.3) is 0 Å². The van der Waals surface area contributed by atoms with Crippen molar-refractivity contribution >= 4 is 5.91 Å². The van der Waals surface area contributed by atoms with Gasteiger partial charge >= 0.3 is 0 Å². The predicted molar refractivity (Wildman–Crippen MR) is 89.3 cm³/mol. The van der Waals surface area contributed by atoms with Crippen LogP contribution in [-0.2, 0) is 27.9 Å². The van der Waals surface area contributed by atoms with Gasteiger partial charge in [0.05, 0.1) is 18.9 Å². The largest absolute Gasteiger partial charge is 0.383 e. The minimum Gasteiger partial charge on any atom is -0.383 e. The molecule has 2 fully saturated rings. The first-order valence-corrected chi connectivity index (χ1v) is 8.75. The minimum absolute atomic E-state index is 0.0392. The van der Waals surface area contributed by atoms with Crippen LogP contribution in [0.5, 0.6) is 0 Å². The van der Waals surface area contributed by atoms with Crippen LogP contribution in [0.4, 0.5) is 0 Å². The van der Waals surface area contributed by atoms with Gasteiger partial charge in [-0.3, -0.25) is 14.4 Å². The summed E-state index contributed by atoms with van der Waals surface area (Å²) in [5.41, 5.74) is 1.22. The van der Waals surface area contributed by atoms with Crippen LogP contribution in [0.2, 0.25) is 0 Å². The summed E-state index contributed by atoms with van der Waals surface area (Å²) in [6.07, 6.45) is 5.98. The zero-order valence-electron chi connectivity index (χ0n) is 14.6. The number of hydrogen-bond donors (Lipinski definition) is 1. The molecule has 3 atom stereocenters. The SMILES string of the molecule is COCCNC(=O)[C@H]1CCO[C@H]2CCN(Cc3cnn(C)c3)C[C@@H]21. The highest BCUT2D eigenvalue weighted by atomic mass is 16.5. The van der Waals surface area contributed by atoms with E-state index in [1.165, 1.54) is 5.56 Å². The third-order valence-corrected chi connectivity index (χ3v) is 5.06. The number of likely N-dealkylation sites (tertiary alicyclic amines) is 1. The lowest BCUT2D eigenvalue weighted by Crippen LogP contribution is -2.53. The van der Waals surface area contributed by atoms with E-state index < -0.39 is 0 Å². The number of carbonyl (C=O) groups excluding carboxylic acids is 1. The van der Waals surface area contributed by atoms with Crippen LogP contribution in [0.3, 0.4) is 0 Å². The second kappa shape index (κ2) is 8.09. The zero-order valence-corrected chi connectivity index (χ0v) is 14.6. The number of aryl methyl sites for hydroxylation is 1. The third-order valence-electron chi connectivity index (χ3n) is 5.06. The zero-order chi connectivity index (χ0) is 16.9. The smallest absolute Gasteiger partial charge is 0.223 e. The summed E-state index contributed by atoms with van der Waals surface area (Å²) in [7, 11) is 3.58. The van der Waals surface area contributed by atoms with E-state index >= 15 is 0 Å². The van der Waals surface area contributed by atoms with Crippen LogP contribution in [0, 0.1) is 11.8 Å². The number of aromatic nitrogens is 2. The van der Waals surface area contributed by atoms with Crippen molar-refractivity contribution in [2.24, 2.45) is 18.9 Å². The first-order valence-electron chi connectivity index (χ1n) is 8.75. The van der Waals surface area contributed by atoms with Crippen molar-refractivity contribution in [2.45, 2.75) is 25.5 Å². The molecule has 134 valence electrons. The van der Waals surface area contributed by atoms with Gasteiger partial charge in [-0.05, 0) is 12.8 Å². The number of amides is 1. The molecule has 0 bridgehead atoms. The summed E-state index contributed by atoms with van der Waals surface area (Å²) in [5.74, 6) is 0.456. The van der Waals surface area contributed by atoms with Crippen LogP contribution in [-0.4, -0.2) is 66.6 Å². The number of rotatable bonds is 6. The highest BCUT2D eigenvalue weighted by molar-refractivity contribution is 5.79. The summed E-state index contributed by atoms with van der Waals surface area (Å²) < 4.78 is 12.8. The molecular formula is C17H28N4O3. The summed E-state index contributed by atoms with van der Waals surface area (Å²) in [6, 6.07) is 0. The van der Waals surface area contributed by atoms with Crippen LogP contribution in [0.1, 0.15) is 18.4 Å². The Morgan fingerprint density at radius 1 is 1.50 bits per heavy atom. The molecular weight excluding hydrogens is 308 g/mol. The number of hydrogen-bond acceptors (Lipinski definition) is 5. The topological polar surface area (TPSA) is 68.6 Å². The molecule has 7 nitrogen and oxygen atoms in total. The van der Waals surface area contributed by atoms with E-state index in [0.717, 1.165) is 32.5 Å². The second-order valence-electron chi connectivity index (χ2n) is 6.80. The molecule has 1 amide bonds. The van der Waals surface area contributed by atoms with Crippen molar-refractivity contribution in [2.75, 3.05) is 40.0 Å². The quantitative estimate of drug-likeness (QED) is 0.762. The Kier molecular flexibility index (Phi) is 5.86. The van der Waals surface area contributed by atoms with E-state index in [4.69, 9.17) is 9.47 Å². The second-order valence-corrected chi connectivity index (χ2v) is 6.80. The summed E-state index contributed by atoms with van der Waals surface area (Å²) in [5, 5.41) is 7.24. The van der Waals surface area contributed by atoms with Crippen LogP contribution < -0.4 is 5.32 Å². The molecule has 1 aromatic heterocycles. The fourth-order valence-corrected chi connectivity index (χ4v) is 3.87. The Labute approximate surface area is 143 Å². The Hall–Kier alpha value is -1.44.